The fourth-order valence-corrected chi connectivity index (χ4v) is 3.25. The highest BCUT2D eigenvalue weighted by Crippen LogP contribution is 2.29. The average molecular weight is 455 g/mol. The Morgan fingerprint density at radius 2 is 0.529 bits per heavy atom. The van der Waals surface area contributed by atoms with Crippen molar-refractivity contribution in [3.8, 4) is 33.4 Å². The van der Waals surface area contributed by atoms with Gasteiger partial charge in [-0.05, 0) is 59.4 Å². The molecule has 0 heteroatoms. The number of benzene rings is 4. The molecule has 0 aliphatic rings. The highest BCUT2D eigenvalue weighted by Gasteiger charge is 2.04. The van der Waals surface area contributed by atoms with Crippen LogP contribution in [-0.4, -0.2) is 0 Å². The van der Waals surface area contributed by atoms with Gasteiger partial charge in [0.2, 0.25) is 0 Å². The minimum absolute atomic E-state index is 1.25. The van der Waals surface area contributed by atoms with Crippen molar-refractivity contribution < 1.29 is 0 Å². The lowest BCUT2D eigenvalue weighted by atomic mass is 9.96. The molecule has 0 bridgehead atoms. The minimum Gasteiger partial charge on any atom is -0.0683 e. The van der Waals surface area contributed by atoms with Crippen molar-refractivity contribution in [2.45, 2.75) is 69.2 Å². The first kappa shape index (κ1) is 30.9. The first-order valence-corrected chi connectivity index (χ1v) is 13.0. The van der Waals surface area contributed by atoms with Crippen molar-refractivity contribution in [3.63, 3.8) is 0 Å². The Bertz CT molecular complexity index is 935. The second kappa shape index (κ2) is 18.3. The maximum atomic E-state index is 2.28. The maximum Gasteiger partial charge on any atom is -0.0178 e. The van der Waals surface area contributed by atoms with Crippen molar-refractivity contribution in [1.82, 2.24) is 0 Å². The Hall–Kier alpha value is -3.12. The summed E-state index contributed by atoms with van der Waals surface area (Å²) in [5.74, 6) is 0. The van der Waals surface area contributed by atoms with Crippen molar-refractivity contribution >= 4 is 0 Å². The van der Waals surface area contributed by atoms with Crippen molar-refractivity contribution in [2.24, 2.45) is 0 Å². The first-order valence-electron chi connectivity index (χ1n) is 13.0. The van der Waals surface area contributed by atoms with E-state index < -0.39 is 0 Å². The molecule has 4 aromatic rings. The Kier molecular flexibility index (Phi) is 16.6. The highest BCUT2D eigenvalue weighted by molar-refractivity contribution is 5.77. The predicted molar refractivity (Wildman–Crippen MR) is 158 cm³/mol. The summed E-state index contributed by atoms with van der Waals surface area (Å²) in [5.41, 5.74) is 10.1. The zero-order chi connectivity index (χ0) is 25.9. The molecule has 0 aliphatic carbocycles. The monoisotopic (exact) mass is 454 g/mol. The molecule has 0 saturated carbocycles. The lowest BCUT2D eigenvalue weighted by Crippen LogP contribution is -1.84. The molecule has 4 rings (SSSR count). The topological polar surface area (TPSA) is 0 Å². The van der Waals surface area contributed by atoms with Gasteiger partial charge in [-0.15, -0.1) is 0 Å². The minimum atomic E-state index is 1.25. The van der Waals surface area contributed by atoms with Crippen LogP contribution in [0.3, 0.4) is 0 Å². The SMILES string of the molecule is CC.CC.CC.CC.Cc1ccc(-c2cccc(-c3cccc(-c4ccc(C)cc4)c3)c2)cc1. The van der Waals surface area contributed by atoms with E-state index in [0.29, 0.717) is 0 Å². The third-order valence-electron chi connectivity index (χ3n) is 4.83. The van der Waals surface area contributed by atoms with Crippen LogP contribution in [0.15, 0.2) is 97.1 Å². The van der Waals surface area contributed by atoms with Crippen molar-refractivity contribution in [1.29, 1.82) is 0 Å². The van der Waals surface area contributed by atoms with Crippen LogP contribution in [0.5, 0.6) is 0 Å². The van der Waals surface area contributed by atoms with Gasteiger partial charge < -0.3 is 0 Å². The largest absolute Gasteiger partial charge is 0.0683 e. The third-order valence-corrected chi connectivity index (χ3v) is 4.83. The van der Waals surface area contributed by atoms with Gasteiger partial charge in [-0.25, -0.2) is 0 Å². The fourth-order valence-electron chi connectivity index (χ4n) is 3.25. The van der Waals surface area contributed by atoms with Gasteiger partial charge in [0, 0.05) is 0 Å². The second-order valence-electron chi connectivity index (χ2n) is 6.89. The van der Waals surface area contributed by atoms with Crippen LogP contribution >= 0.6 is 0 Å². The van der Waals surface area contributed by atoms with Gasteiger partial charge in [0.15, 0.2) is 0 Å². The molecule has 0 radical (unpaired) electrons. The molecule has 34 heavy (non-hydrogen) atoms. The Morgan fingerprint density at radius 3 is 0.794 bits per heavy atom. The summed E-state index contributed by atoms with van der Waals surface area (Å²) in [6, 6.07) is 35.0. The molecule has 0 fully saturated rings. The smallest absolute Gasteiger partial charge is 0.0178 e. The summed E-state index contributed by atoms with van der Waals surface area (Å²) < 4.78 is 0. The van der Waals surface area contributed by atoms with E-state index in [4.69, 9.17) is 0 Å². The van der Waals surface area contributed by atoms with Crippen molar-refractivity contribution in [2.75, 3.05) is 0 Å². The Labute approximate surface area is 210 Å². The van der Waals surface area contributed by atoms with Gasteiger partial charge in [-0.1, -0.05) is 151 Å². The molecule has 0 saturated heterocycles. The van der Waals surface area contributed by atoms with E-state index in [1.54, 1.807) is 0 Å². The molecule has 0 atom stereocenters. The van der Waals surface area contributed by atoms with E-state index in [1.807, 2.05) is 55.4 Å². The fraction of sp³-hybridized carbons (Fsp3) is 0.294. The lowest BCUT2D eigenvalue weighted by Gasteiger charge is -2.09. The molecular formula is C34H46. The zero-order valence-corrected chi connectivity index (χ0v) is 23.2. The maximum absolute atomic E-state index is 2.28. The van der Waals surface area contributed by atoms with Crippen LogP contribution in [0.4, 0.5) is 0 Å². The Morgan fingerprint density at radius 1 is 0.294 bits per heavy atom. The van der Waals surface area contributed by atoms with Crippen molar-refractivity contribution in [3.05, 3.63) is 108 Å². The third kappa shape index (κ3) is 9.40. The second-order valence-corrected chi connectivity index (χ2v) is 6.89. The summed E-state index contributed by atoms with van der Waals surface area (Å²) in [6.45, 7) is 20.2. The number of aryl methyl sites for hydroxylation is 2. The zero-order valence-electron chi connectivity index (χ0n) is 23.2. The van der Waals surface area contributed by atoms with Gasteiger partial charge in [-0.2, -0.15) is 0 Å². The van der Waals surface area contributed by atoms with Gasteiger partial charge in [0.1, 0.15) is 0 Å². The summed E-state index contributed by atoms with van der Waals surface area (Å²) in [5, 5.41) is 0. The summed E-state index contributed by atoms with van der Waals surface area (Å²) in [4.78, 5) is 0. The highest BCUT2D eigenvalue weighted by atomic mass is 14.1. The Balaban J connectivity index is 0.00000124. The van der Waals surface area contributed by atoms with Gasteiger partial charge in [0.25, 0.3) is 0 Å². The van der Waals surface area contributed by atoms with E-state index in [0.717, 1.165) is 0 Å². The summed E-state index contributed by atoms with van der Waals surface area (Å²) >= 11 is 0. The summed E-state index contributed by atoms with van der Waals surface area (Å²) in [7, 11) is 0. The molecule has 0 aromatic heterocycles. The van der Waals surface area contributed by atoms with Crippen LogP contribution in [-0.2, 0) is 0 Å². The summed E-state index contributed by atoms with van der Waals surface area (Å²) in [6.07, 6.45) is 0. The molecule has 0 nitrogen and oxygen atoms in total. The molecule has 4 aromatic carbocycles. The molecular weight excluding hydrogens is 408 g/mol. The molecule has 0 heterocycles. The molecule has 0 amide bonds. The number of hydrogen-bond donors (Lipinski definition) is 0. The standard InChI is InChI=1S/C26H22.4C2H6/c1-19-9-13-21(14-10-19)23-5-3-7-25(17-23)26-8-4-6-24(18-26)22-15-11-20(2)12-16-22;4*1-2/h3-18H,1-2H3;4*1-2H3. The number of hydrogen-bond acceptors (Lipinski definition) is 0. The van der Waals surface area contributed by atoms with Gasteiger partial charge in [-0.3, -0.25) is 0 Å². The molecule has 0 unspecified atom stereocenters. The van der Waals surface area contributed by atoms with E-state index in [1.165, 1.54) is 44.5 Å². The first-order chi connectivity index (χ1) is 16.7. The molecule has 0 spiro atoms. The van der Waals surface area contributed by atoms with E-state index in [2.05, 4.69) is 111 Å². The predicted octanol–water partition coefficient (Wildman–Crippen LogP) is 11.4. The molecule has 182 valence electrons. The van der Waals surface area contributed by atoms with E-state index in [-0.39, 0.29) is 0 Å². The molecule has 0 N–H and O–H groups in total. The van der Waals surface area contributed by atoms with E-state index in [9.17, 15) is 0 Å². The van der Waals surface area contributed by atoms with Crippen LogP contribution in [0.1, 0.15) is 66.5 Å². The van der Waals surface area contributed by atoms with Crippen LogP contribution in [0, 0.1) is 13.8 Å². The van der Waals surface area contributed by atoms with Gasteiger partial charge in [0.05, 0.1) is 0 Å². The quantitative estimate of drug-likeness (QED) is 0.289. The van der Waals surface area contributed by atoms with Crippen LogP contribution in [0.25, 0.3) is 33.4 Å². The average Bonchev–Trinajstić information content (AvgIpc) is 2.94. The molecule has 0 aliphatic heterocycles. The van der Waals surface area contributed by atoms with Gasteiger partial charge >= 0.3 is 0 Å². The van der Waals surface area contributed by atoms with Crippen LogP contribution in [0.2, 0.25) is 0 Å². The normalized spacial score (nSPS) is 8.88. The van der Waals surface area contributed by atoms with E-state index >= 15 is 0 Å². The lowest BCUT2D eigenvalue weighted by molar-refractivity contribution is 1.46. The van der Waals surface area contributed by atoms with Crippen LogP contribution < -0.4 is 0 Å². The number of rotatable bonds is 3.